The Bertz CT molecular complexity index is 1440. The first-order chi connectivity index (χ1) is 16.4. The highest BCUT2D eigenvalue weighted by molar-refractivity contribution is 6.31. The van der Waals surface area contributed by atoms with E-state index in [9.17, 15) is 9.59 Å². The number of carbonyl (C=O) groups is 1. The zero-order valence-electron chi connectivity index (χ0n) is 18.3. The molecule has 1 amide bonds. The van der Waals surface area contributed by atoms with Crippen LogP contribution in [0, 0.1) is 6.92 Å². The van der Waals surface area contributed by atoms with Gasteiger partial charge in [0.2, 0.25) is 11.9 Å². The molecular weight excluding hydrogens is 458 g/mol. The molecule has 34 heavy (non-hydrogen) atoms. The molecule has 1 saturated heterocycles. The number of halogens is 1. The Morgan fingerprint density at radius 3 is 2.82 bits per heavy atom. The van der Waals surface area contributed by atoms with Crippen LogP contribution in [0.5, 0.6) is 0 Å². The van der Waals surface area contributed by atoms with Gasteiger partial charge in [-0.15, -0.1) is 0 Å². The van der Waals surface area contributed by atoms with E-state index in [0.717, 1.165) is 5.39 Å². The number of cyclic esters (lactones) is 1. The molecule has 0 spiro atoms. The molecule has 172 valence electrons. The Morgan fingerprint density at radius 2 is 2.03 bits per heavy atom. The number of aromatic amines is 1. The molecule has 2 N–H and O–H groups in total. The number of nitrogens with zero attached hydrogens (tertiary/aromatic N) is 5. The lowest BCUT2D eigenvalue weighted by Gasteiger charge is -2.20. The molecule has 1 aliphatic heterocycles. The number of anilines is 2. The van der Waals surface area contributed by atoms with Gasteiger partial charge in [0.25, 0.3) is 5.56 Å². The van der Waals surface area contributed by atoms with E-state index in [1.54, 1.807) is 43.5 Å². The van der Waals surface area contributed by atoms with Crippen LogP contribution in [0.3, 0.4) is 0 Å². The van der Waals surface area contributed by atoms with Gasteiger partial charge >= 0.3 is 6.09 Å². The maximum atomic E-state index is 12.7. The van der Waals surface area contributed by atoms with Crippen molar-refractivity contribution in [3.8, 4) is 0 Å². The summed E-state index contributed by atoms with van der Waals surface area (Å²) in [6, 6.07) is 11.6. The Morgan fingerprint density at radius 1 is 1.18 bits per heavy atom. The maximum absolute atomic E-state index is 12.7. The number of aryl methyl sites for hydroxylation is 1. The molecule has 0 saturated carbocycles. The SMILES string of the molecule is Cc1nc(N[C@@H](C)c2cc3cc(Cl)ccc3[nH]c2=O)nc(N2C(=O)OC[C@@H]2c2ccccn2)n1. The highest BCUT2D eigenvalue weighted by Gasteiger charge is 2.38. The van der Waals surface area contributed by atoms with Crippen molar-refractivity contribution in [2.45, 2.75) is 25.9 Å². The first-order valence-corrected chi connectivity index (χ1v) is 11.0. The second-order valence-electron chi connectivity index (χ2n) is 7.87. The zero-order chi connectivity index (χ0) is 23.8. The van der Waals surface area contributed by atoms with Crippen LogP contribution in [0.1, 0.15) is 36.1 Å². The smallest absolute Gasteiger partial charge is 0.417 e. The molecule has 4 heterocycles. The number of nitrogens with one attached hydrogen (secondary N) is 2. The van der Waals surface area contributed by atoms with Crippen LogP contribution in [0.4, 0.5) is 16.7 Å². The molecule has 0 aliphatic carbocycles. The summed E-state index contributed by atoms with van der Waals surface area (Å²) in [6.45, 7) is 3.65. The third-order valence-electron chi connectivity index (χ3n) is 5.50. The molecular formula is C23H20ClN7O3. The lowest BCUT2D eigenvalue weighted by molar-refractivity contribution is 0.178. The Labute approximate surface area is 199 Å². The molecule has 1 aromatic carbocycles. The van der Waals surface area contributed by atoms with Gasteiger partial charge in [-0.25, -0.2) is 9.69 Å². The summed E-state index contributed by atoms with van der Waals surface area (Å²) >= 11 is 6.10. The third kappa shape index (κ3) is 4.15. The van der Waals surface area contributed by atoms with E-state index >= 15 is 0 Å². The normalized spacial score (nSPS) is 16.5. The number of carbonyl (C=O) groups excluding carboxylic acids is 1. The second-order valence-corrected chi connectivity index (χ2v) is 8.31. The van der Waals surface area contributed by atoms with Crippen LogP contribution < -0.4 is 15.8 Å². The minimum Gasteiger partial charge on any atom is -0.446 e. The first-order valence-electron chi connectivity index (χ1n) is 10.6. The fourth-order valence-electron chi connectivity index (χ4n) is 3.86. The first kappa shape index (κ1) is 21.8. The number of hydrogen-bond donors (Lipinski definition) is 2. The average Bonchev–Trinajstić information content (AvgIpc) is 3.20. The van der Waals surface area contributed by atoms with Crippen LogP contribution in [0.2, 0.25) is 5.02 Å². The molecule has 4 aromatic rings. The van der Waals surface area contributed by atoms with Crippen molar-refractivity contribution in [1.82, 2.24) is 24.9 Å². The second kappa shape index (κ2) is 8.71. The van der Waals surface area contributed by atoms with Gasteiger partial charge in [0.05, 0.1) is 11.7 Å². The molecule has 3 aromatic heterocycles. The van der Waals surface area contributed by atoms with Crippen molar-refractivity contribution in [1.29, 1.82) is 0 Å². The van der Waals surface area contributed by atoms with Crippen LogP contribution >= 0.6 is 11.6 Å². The Hall–Kier alpha value is -4.05. The van der Waals surface area contributed by atoms with E-state index < -0.39 is 18.2 Å². The highest BCUT2D eigenvalue weighted by Crippen LogP contribution is 2.30. The van der Waals surface area contributed by atoms with Crippen LogP contribution in [0.15, 0.2) is 53.5 Å². The quantitative estimate of drug-likeness (QED) is 0.442. The number of fused-ring (bicyclic) bond motifs is 1. The van der Waals surface area contributed by atoms with Crippen molar-refractivity contribution in [2.75, 3.05) is 16.8 Å². The number of H-pyrrole nitrogens is 1. The van der Waals surface area contributed by atoms with Gasteiger partial charge in [-0.1, -0.05) is 17.7 Å². The van der Waals surface area contributed by atoms with E-state index in [2.05, 4.69) is 30.2 Å². The fraction of sp³-hybridized carbons (Fsp3) is 0.217. The van der Waals surface area contributed by atoms with E-state index in [0.29, 0.717) is 27.6 Å². The summed E-state index contributed by atoms with van der Waals surface area (Å²) in [6.07, 6.45) is 1.08. The number of hydrogen-bond acceptors (Lipinski definition) is 8. The number of ether oxygens (including phenoxy) is 1. The number of pyridine rings is 2. The van der Waals surface area contributed by atoms with Gasteiger partial charge in [-0.3, -0.25) is 9.78 Å². The highest BCUT2D eigenvalue weighted by atomic mass is 35.5. The summed E-state index contributed by atoms with van der Waals surface area (Å²) in [5.41, 5.74) is 1.60. The van der Waals surface area contributed by atoms with Crippen LogP contribution in [0.25, 0.3) is 10.9 Å². The van der Waals surface area contributed by atoms with Gasteiger partial charge in [0.15, 0.2) is 0 Å². The van der Waals surface area contributed by atoms with E-state index in [1.165, 1.54) is 4.90 Å². The molecule has 2 atom stereocenters. The minimum atomic E-state index is -0.567. The largest absolute Gasteiger partial charge is 0.446 e. The van der Waals surface area contributed by atoms with Crippen LogP contribution in [-0.4, -0.2) is 37.6 Å². The Balaban J connectivity index is 1.46. The van der Waals surface area contributed by atoms with E-state index in [1.807, 2.05) is 19.1 Å². The summed E-state index contributed by atoms with van der Waals surface area (Å²) in [4.78, 5) is 46.9. The molecule has 5 rings (SSSR count). The standard InChI is InChI=1S/C23H20ClN7O3/c1-12(16-10-14-9-15(24)6-7-17(14)29-20(16)32)26-21-27-13(2)28-22(30-21)31-19(11-34-23(31)33)18-5-3-4-8-25-18/h3-10,12,19H,11H2,1-2H3,(H,29,32)(H,26,27,28,30)/t12-,19+/m0/s1. The van der Waals surface area contributed by atoms with Crippen molar-refractivity contribution >= 4 is 40.5 Å². The number of rotatable bonds is 5. The predicted octanol–water partition coefficient (Wildman–Crippen LogP) is 3.94. The Kier molecular flexibility index (Phi) is 5.58. The van der Waals surface area contributed by atoms with Gasteiger partial charge in [-0.2, -0.15) is 15.0 Å². The molecule has 1 aliphatic rings. The zero-order valence-corrected chi connectivity index (χ0v) is 19.1. The molecule has 1 fully saturated rings. The van der Waals surface area contributed by atoms with E-state index in [-0.39, 0.29) is 24.1 Å². The van der Waals surface area contributed by atoms with Gasteiger partial charge in [0.1, 0.15) is 18.5 Å². The van der Waals surface area contributed by atoms with Crippen molar-refractivity contribution in [3.05, 3.63) is 81.1 Å². The number of aromatic nitrogens is 5. The summed E-state index contributed by atoms with van der Waals surface area (Å²) in [7, 11) is 0. The van der Waals surface area contributed by atoms with Crippen LogP contribution in [-0.2, 0) is 4.74 Å². The van der Waals surface area contributed by atoms with Gasteiger partial charge in [0, 0.05) is 27.7 Å². The molecule has 0 unspecified atom stereocenters. The predicted molar refractivity (Wildman–Crippen MR) is 127 cm³/mol. The van der Waals surface area contributed by atoms with Gasteiger partial charge < -0.3 is 15.0 Å². The monoisotopic (exact) mass is 477 g/mol. The van der Waals surface area contributed by atoms with Crippen molar-refractivity contribution in [3.63, 3.8) is 0 Å². The molecule has 10 nitrogen and oxygen atoms in total. The van der Waals surface area contributed by atoms with Crippen molar-refractivity contribution in [2.24, 2.45) is 0 Å². The lowest BCUT2D eigenvalue weighted by atomic mass is 10.1. The number of benzene rings is 1. The summed E-state index contributed by atoms with van der Waals surface area (Å²) in [5.74, 6) is 0.762. The number of amides is 1. The third-order valence-corrected chi connectivity index (χ3v) is 5.74. The molecule has 0 radical (unpaired) electrons. The summed E-state index contributed by atoms with van der Waals surface area (Å²) < 4.78 is 5.25. The van der Waals surface area contributed by atoms with Gasteiger partial charge in [-0.05, 0) is 50.2 Å². The van der Waals surface area contributed by atoms with E-state index in [4.69, 9.17) is 16.3 Å². The lowest BCUT2D eigenvalue weighted by Crippen LogP contribution is -2.30. The fourth-order valence-corrected chi connectivity index (χ4v) is 4.04. The summed E-state index contributed by atoms with van der Waals surface area (Å²) in [5, 5.41) is 4.52. The topological polar surface area (TPSA) is 126 Å². The molecule has 11 heteroatoms. The average molecular weight is 478 g/mol. The maximum Gasteiger partial charge on any atom is 0.417 e. The minimum absolute atomic E-state index is 0.134. The molecule has 0 bridgehead atoms. The van der Waals surface area contributed by atoms with Crippen molar-refractivity contribution < 1.29 is 9.53 Å².